The van der Waals surface area contributed by atoms with Gasteiger partial charge in [0.05, 0.1) is 26.4 Å². The van der Waals surface area contributed by atoms with Crippen LogP contribution < -0.4 is 0 Å². The number of aliphatic hydroxyl groups excluding tert-OH is 1. The van der Waals surface area contributed by atoms with Crippen LogP contribution in [0.15, 0.2) is 0 Å². The highest BCUT2D eigenvalue weighted by Crippen LogP contribution is 2.45. The van der Waals surface area contributed by atoms with Crippen LogP contribution in [0.25, 0.3) is 0 Å². The summed E-state index contributed by atoms with van der Waals surface area (Å²) in [6, 6.07) is 0. The Balaban J connectivity index is 5.20. The third-order valence-corrected chi connectivity index (χ3v) is 21.4. The van der Waals surface area contributed by atoms with Crippen molar-refractivity contribution >= 4 is 39.5 Å². The molecule has 17 nitrogen and oxygen atoms in total. The number of hydrogen-bond donors (Lipinski definition) is 3. The number of carbonyl (C=O) groups is 4. The van der Waals surface area contributed by atoms with Crippen molar-refractivity contribution in [1.82, 2.24) is 0 Å². The van der Waals surface area contributed by atoms with Crippen LogP contribution in [0.3, 0.4) is 0 Å². The zero-order chi connectivity index (χ0) is 74.9. The third-order valence-electron chi connectivity index (χ3n) is 19.5. The van der Waals surface area contributed by atoms with Crippen LogP contribution in [0, 0.1) is 11.8 Å². The molecule has 5 atom stereocenters. The summed E-state index contributed by atoms with van der Waals surface area (Å²) < 4.78 is 68.7. The van der Waals surface area contributed by atoms with Crippen molar-refractivity contribution in [3.05, 3.63) is 0 Å². The number of rotatable bonds is 82. The molecule has 19 heteroatoms. The fourth-order valence-electron chi connectivity index (χ4n) is 12.9. The highest BCUT2D eigenvalue weighted by atomic mass is 31.2. The van der Waals surface area contributed by atoms with Crippen molar-refractivity contribution < 1.29 is 80.2 Å². The summed E-state index contributed by atoms with van der Waals surface area (Å²) in [5.41, 5.74) is 0. The molecule has 0 aliphatic rings. The summed E-state index contributed by atoms with van der Waals surface area (Å²) in [6.45, 7) is 9.64. The van der Waals surface area contributed by atoms with Gasteiger partial charge in [-0.1, -0.05) is 388 Å². The lowest BCUT2D eigenvalue weighted by Crippen LogP contribution is -2.30. The first kappa shape index (κ1) is 100. The first-order valence-corrected chi connectivity index (χ1v) is 46.0. The number of carbonyl (C=O) groups excluding carboxylic acids is 4. The van der Waals surface area contributed by atoms with Crippen molar-refractivity contribution in [2.24, 2.45) is 11.8 Å². The van der Waals surface area contributed by atoms with Gasteiger partial charge in [-0.3, -0.25) is 37.3 Å². The van der Waals surface area contributed by atoms with Gasteiger partial charge in [-0.2, -0.15) is 0 Å². The van der Waals surface area contributed by atoms with E-state index in [1.54, 1.807) is 0 Å². The van der Waals surface area contributed by atoms with Crippen molar-refractivity contribution in [3.8, 4) is 0 Å². The molecule has 0 aliphatic heterocycles. The Hall–Kier alpha value is -1.94. The predicted octanol–water partition coefficient (Wildman–Crippen LogP) is 25.1. The average molecular weight is 1490 g/mol. The maximum absolute atomic E-state index is 13.1. The van der Waals surface area contributed by atoms with Gasteiger partial charge in [-0.15, -0.1) is 0 Å². The lowest BCUT2D eigenvalue weighted by Gasteiger charge is -2.21. The molecule has 0 aliphatic carbocycles. The van der Waals surface area contributed by atoms with Gasteiger partial charge in [0.1, 0.15) is 19.3 Å². The third kappa shape index (κ3) is 76.3. The molecule has 0 spiro atoms. The van der Waals surface area contributed by atoms with E-state index in [0.29, 0.717) is 25.7 Å². The van der Waals surface area contributed by atoms with E-state index in [9.17, 15) is 43.2 Å². The molecule has 0 heterocycles. The second-order valence-corrected chi connectivity index (χ2v) is 33.7. The van der Waals surface area contributed by atoms with Gasteiger partial charge in [-0.25, -0.2) is 9.13 Å². The van der Waals surface area contributed by atoms with Gasteiger partial charge in [0.25, 0.3) is 0 Å². The second kappa shape index (κ2) is 74.5. The molecule has 0 rings (SSSR count). The lowest BCUT2D eigenvalue weighted by atomic mass is 10.0. The fraction of sp³-hybridized carbons (Fsp3) is 0.952. The Labute approximate surface area is 626 Å². The summed E-state index contributed by atoms with van der Waals surface area (Å²) in [5, 5.41) is 10.6. The number of phosphoric ester groups is 2. The normalized spacial score (nSPS) is 13.9. The summed E-state index contributed by atoms with van der Waals surface area (Å²) in [6.07, 6.45) is 65.4. The topological polar surface area (TPSA) is 237 Å². The second-order valence-electron chi connectivity index (χ2n) is 30.8. The van der Waals surface area contributed by atoms with E-state index in [2.05, 4.69) is 41.5 Å². The van der Waals surface area contributed by atoms with Crippen molar-refractivity contribution in [1.29, 1.82) is 0 Å². The first-order valence-electron chi connectivity index (χ1n) is 43.0. The van der Waals surface area contributed by atoms with Crippen LogP contribution in [-0.2, 0) is 65.4 Å². The van der Waals surface area contributed by atoms with E-state index in [4.69, 9.17) is 37.0 Å². The monoisotopic (exact) mass is 1490 g/mol. The van der Waals surface area contributed by atoms with E-state index in [1.165, 1.54) is 257 Å². The van der Waals surface area contributed by atoms with Gasteiger partial charge in [-0.05, 0) is 37.5 Å². The molecule has 0 bridgehead atoms. The number of unbranched alkanes of at least 4 members (excludes halogenated alkanes) is 52. The van der Waals surface area contributed by atoms with Gasteiger partial charge in [0, 0.05) is 25.7 Å². The average Bonchev–Trinajstić information content (AvgIpc) is 0.924. The number of esters is 4. The smallest absolute Gasteiger partial charge is 0.462 e. The molecule has 0 aromatic rings. The van der Waals surface area contributed by atoms with Crippen LogP contribution in [-0.4, -0.2) is 96.7 Å². The van der Waals surface area contributed by atoms with Gasteiger partial charge in [0.15, 0.2) is 12.2 Å². The number of aliphatic hydroxyl groups is 1. The molecule has 0 fully saturated rings. The molecule has 0 aromatic heterocycles. The highest BCUT2D eigenvalue weighted by molar-refractivity contribution is 7.47. The van der Waals surface area contributed by atoms with Crippen LogP contribution >= 0.6 is 15.6 Å². The molecule has 3 N–H and O–H groups in total. The predicted molar refractivity (Wildman–Crippen MR) is 418 cm³/mol. The Morgan fingerprint density at radius 3 is 0.667 bits per heavy atom. The van der Waals surface area contributed by atoms with E-state index in [-0.39, 0.29) is 25.7 Å². The van der Waals surface area contributed by atoms with Gasteiger partial charge < -0.3 is 33.8 Å². The summed E-state index contributed by atoms with van der Waals surface area (Å²) in [7, 11) is -9.92. The van der Waals surface area contributed by atoms with Crippen LogP contribution in [0.1, 0.15) is 440 Å². The molecule has 0 amide bonds. The SMILES string of the molecule is CCCCCCCCCCCCCCCCCCCCCCCCC(=O)O[C@H](COC(=O)CCCCCCCCCCCCCCCCCC(C)C)COP(=O)(O)OC[C@@H](O)COP(=O)(O)OC[C@@H](COC(=O)CCCCCCCCCCCC)OC(=O)CCCCCCCCCCCC(C)C. The van der Waals surface area contributed by atoms with E-state index >= 15 is 0 Å². The zero-order valence-electron chi connectivity index (χ0n) is 66.9. The molecule has 0 aromatic carbocycles. The van der Waals surface area contributed by atoms with Gasteiger partial charge in [0.2, 0.25) is 0 Å². The van der Waals surface area contributed by atoms with Crippen molar-refractivity contribution in [2.75, 3.05) is 39.6 Å². The largest absolute Gasteiger partial charge is 0.472 e. The van der Waals surface area contributed by atoms with Gasteiger partial charge >= 0.3 is 39.5 Å². The molecule has 606 valence electrons. The number of ether oxygens (including phenoxy) is 4. The number of phosphoric acid groups is 2. The Bertz CT molecular complexity index is 1960. The zero-order valence-corrected chi connectivity index (χ0v) is 68.7. The standard InChI is InChI=1S/C83H162O17P2/c1-7-9-11-13-15-17-19-20-21-22-23-24-25-26-27-30-34-37-43-49-55-61-67-82(87)99-78(72-94-81(86)66-60-54-48-42-36-33-31-28-29-32-35-39-45-51-57-63-75(3)4)73-97-101(89,90)95-69-77(84)70-96-102(91,92)98-74-79(71-93-80(85)65-59-53-47-41-18-16-14-12-10-8-2)100-83(88)68-62-56-50-44-38-40-46-52-58-64-76(5)6/h75-79,84H,7-74H2,1-6H3,(H,89,90)(H,91,92)/t77-,78-,79-/m1/s1. The quantitative estimate of drug-likeness (QED) is 0.0222. The molecular weight excluding hydrogens is 1330 g/mol. The fourth-order valence-corrected chi connectivity index (χ4v) is 14.5. The molecule has 0 saturated heterocycles. The van der Waals surface area contributed by atoms with E-state index in [0.717, 1.165) is 102 Å². The molecule has 0 saturated carbocycles. The van der Waals surface area contributed by atoms with Crippen molar-refractivity contribution in [2.45, 2.75) is 458 Å². The van der Waals surface area contributed by atoms with E-state index in [1.807, 2.05) is 0 Å². The Morgan fingerprint density at radius 1 is 0.265 bits per heavy atom. The summed E-state index contributed by atoms with van der Waals surface area (Å²) in [4.78, 5) is 73.0. The van der Waals surface area contributed by atoms with Crippen LogP contribution in [0.5, 0.6) is 0 Å². The molecule has 102 heavy (non-hydrogen) atoms. The van der Waals surface area contributed by atoms with Crippen LogP contribution in [0.4, 0.5) is 0 Å². The summed E-state index contributed by atoms with van der Waals surface area (Å²) >= 11 is 0. The first-order chi connectivity index (χ1) is 49.4. The van der Waals surface area contributed by atoms with E-state index < -0.39 is 97.5 Å². The number of hydrogen-bond acceptors (Lipinski definition) is 15. The maximum Gasteiger partial charge on any atom is 0.472 e. The molecular formula is C83H162O17P2. The van der Waals surface area contributed by atoms with Crippen LogP contribution in [0.2, 0.25) is 0 Å². The minimum Gasteiger partial charge on any atom is -0.462 e. The Morgan fingerprint density at radius 2 is 0.451 bits per heavy atom. The molecule has 2 unspecified atom stereocenters. The minimum absolute atomic E-state index is 0.106. The maximum atomic E-state index is 13.1. The summed E-state index contributed by atoms with van der Waals surface area (Å²) in [5.74, 6) is -0.566. The van der Waals surface area contributed by atoms with Crippen molar-refractivity contribution in [3.63, 3.8) is 0 Å². The molecule has 0 radical (unpaired) electrons. The lowest BCUT2D eigenvalue weighted by molar-refractivity contribution is -0.161. The minimum atomic E-state index is -4.96. The highest BCUT2D eigenvalue weighted by Gasteiger charge is 2.30. The Kier molecular flexibility index (Phi) is 73.1.